The summed E-state index contributed by atoms with van der Waals surface area (Å²) in [5.74, 6) is 0. The van der Waals surface area contributed by atoms with Crippen molar-refractivity contribution in [1.29, 1.82) is 0 Å². The maximum absolute atomic E-state index is 7.24. The second-order valence-corrected chi connectivity index (χ2v) is 5.92. The fraction of sp³-hybridized carbons (Fsp3) is 1.00. The van der Waals surface area contributed by atoms with E-state index in [0.29, 0.717) is 13.3 Å². The Morgan fingerprint density at radius 1 is 1.29 bits per heavy atom. The molecule has 1 heteroatoms. The van der Waals surface area contributed by atoms with Crippen LogP contribution in [-0.2, 0) is 0 Å². The molecule has 0 aliphatic heterocycles. The zero-order valence-electron chi connectivity index (χ0n) is 7.28. The molecule has 0 aromatic carbocycles. The van der Waals surface area contributed by atoms with Crippen LogP contribution in [0.5, 0.6) is 0 Å². The molecule has 0 spiro atoms. The van der Waals surface area contributed by atoms with Crippen LogP contribution < -0.4 is 0 Å². The Bertz CT molecular complexity index is 53.9. The van der Waals surface area contributed by atoms with Gasteiger partial charge in [-0.15, -0.1) is 0 Å². The van der Waals surface area contributed by atoms with Crippen LogP contribution in [-0.4, -0.2) is 25.6 Å². The first-order chi connectivity index (χ1) is 4.24. The molecule has 0 amide bonds. The van der Waals surface area contributed by atoms with Gasteiger partial charge in [0.1, 0.15) is 0 Å². The Kier molecular flexibility index (Phi) is 1.65. The molecule has 0 heterocycles. The van der Waals surface area contributed by atoms with E-state index in [2.05, 4.69) is 13.8 Å². The molecule has 7 heavy (non-hydrogen) atoms. The van der Waals surface area contributed by atoms with Crippen LogP contribution in [0.3, 0.4) is 0 Å². The van der Waals surface area contributed by atoms with E-state index in [-0.39, 0.29) is 0 Å². The first kappa shape index (κ1) is 4.32. The van der Waals surface area contributed by atoms with Gasteiger partial charge in [0, 0.05) is 20.5 Å². The molecule has 0 aromatic heterocycles. The molecule has 0 unspecified atom stereocenters. The van der Waals surface area contributed by atoms with Gasteiger partial charge in [-0.25, -0.2) is 0 Å². The fourth-order valence-electron chi connectivity index (χ4n) is 0.224. The van der Waals surface area contributed by atoms with Gasteiger partial charge in [0.25, 0.3) is 0 Å². The Balaban J connectivity index is 3.82. The van der Waals surface area contributed by atoms with Crippen molar-refractivity contribution in [2.75, 3.05) is 25.6 Å². The van der Waals surface area contributed by atoms with E-state index in [1.54, 1.807) is 0 Å². The second-order valence-electron chi connectivity index (χ2n) is 1.97. The Morgan fingerprint density at radius 3 is 1.71 bits per heavy atom. The van der Waals surface area contributed by atoms with Gasteiger partial charge in [0.2, 0.25) is 0 Å². The molecule has 0 saturated heterocycles. The van der Waals surface area contributed by atoms with Crippen molar-refractivity contribution in [1.82, 2.24) is 0 Å². The summed E-state index contributed by atoms with van der Waals surface area (Å²) in [6.07, 6.45) is 2.16. The summed E-state index contributed by atoms with van der Waals surface area (Å²) in [5.41, 5.74) is 0. The molecule has 0 aliphatic rings. The number of hydrogen-bond donors (Lipinski definition) is 0. The van der Waals surface area contributed by atoms with Gasteiger partial charge < -0.3 is 0 Å². The monoisotopic (exact) mass is 121 g/mol. The Morgan fingerprint density at radius 2 is 1.71 bits per heavy atom. The van der Waals surface area contributed by atoms with E-state index in [0.717, 1.165) is 12.3 Å². The van der Waals surface area contributed by atoms with Gasteiger partial charge >= 0.3 is 0 Å². The van der Waals surface area contributed by atoms with Crippen LogP contribution in [0.15, 0.2) is 0 Å². The highest BCUT2D eigenvalue weighted by Crippen LogP contribution is 2.49. The van der Waals surface area contributed by atoms with Crippen molar-refractivity contribution in [3.63, 3.8) is 0 Å². The van der Waals surface area contributed by atoms with E-state index >= 15 is 0 Å². The van der Waals surface area contributed by atoms with Gasteiger partial charge in [0.15, 0.2) is 0 Å². The summed E-state index contributed by atoms with van der Waals surface area (Å²) in [5, 5.41) is 0. The van der Waals surface area contributed by atoms with Crippen LogP contribution in [0.25, 0.3) is 0 Å². The molecule has 44 valence electrons. The highest BCUT2D eigenvalue weighted by molar-refractivity contribution is 7.74. The molecule has 0 N–H and O–H groups in total. The van der Waals surface area contributed by atoms with Crippen molar-refractivity contribution in [2.45, 2.75) is 13.8 Å². The number of hydrogen-bond acceptors (Lipinski definition) is 0. The summed E-state index contributed by atoms with van der Waals surface area (Å²) in [4.78, 5) is 0. The standard InChI is InChI=1S/C6H16P/c1-5-7(3,4)6-2/h5-6H2,1-4H3/q+1/i3D,4D. The topological polar surface area (TPSA) is 0 Å². The third-order valence-corrected chi connectivity index (χ3v) is 4.02. The van der Waals surface area contributed by atoms with Crippen molar-refractivity contribution >= 4 is 7.26 Å². The van der Waals surface area contributed by atoms with Gasteiger partial charge in [-0.1, -0.05) is 0 Å². The Labute approximate surface area is 50.5 Å². The maximum Gasteiger partial charge on any atom is 0.0671 e. The SMILES string of the molecule is [2H]C[P+](C[2H])(CC)CC. The zero-order valence-corrected chi connectivity index (χ0v) is 6.17. The van der Waals surface area contributed by atoms with Crippen molar-refractivity contribution in [3.8, 4) is 0 Å². The lowest BCUT2D eigenvalue weighted by Gasteiger charge is -2.11. The van der Waals surface area contributed by atoms with Crippen LogP contribution in [0, 0.1) is 0 Å². The lowest BCUT2D eigenvalue weighted by atomic mass is 11.0. The van der Waals surface area contributed by atoms with Crippen molar-refractivity contribution in [3.05, 3.63) is 0 Å². The van der Waals surface area contributed by atoms with Crippen molar-refractivity contribution < 1.29 is 2.74 Å². The van der Waals surface area contributed by atoms with E-state index in [4.69, 9.17) is 2.74 Å². The van der Waals surface area contributed by atoms with Gasteiger partial charge in [-0.05, 0) is 13.8 Å². The highest BCUT2D eigenvalue weighted by atomic mass is 31.2. The third kappa shape index (κ3) is 3.05. The molecule has 0 aliphatic carbocycles. The fourth-order valence-corrected chi connectivity index (χ4v) is 0.671. The smallest absolute Gasteiger partial charge is 0.0311 e. The summed E-state index contributed by atoms with van der Waals surface area (Å²) in [7, 11) is -1.09. The van der Waals surface area contributed by atoms with E-state index < -0.39 is 7.26 Å². The molecule has 0 atom stereocenters. The summed E-state index contributed by atoms with van der Waals surface area (Å²) in [6.45, 7) is 5.26. The zero-order chi connectivity index (χ0) is 7.33. The third-order valence-electron chi connectivity index (χ3n) is 1.34. The van der Waals surface area contributed by atoms with Gasteiger partial charge in [-0.2, -0.15) is 0 Å². The van der Waals surface area contributed by atoms with Crippen LogP contribution in [0.4, 0.5) is 0 Å². The van der Waals surface area contributed by atoms with Crippen LogP contribution in [0.1, 0.15) is 16.6 Å². The average molecular weight is 121 g/mol. The molecule has 0 aromatic rings. The van der Waals surface area contributed by atoms with Gasteiger partial charge in [-0.3, -0.25) is 0 Å². The minimum absolute atomic E-state index is 0.517. The molecule has 0 fully saturated rings. The molecule has 0 radical (unpaired) electrons. The van der Waals surface area contributed by atoms with Crippen LogP contribution in [0.2, 0.25) is 0 Å². The maximum atomic E-state index is 7.24. The Hall–Kier alpha value is 0.430. The lowest BCUT2D eigenvalue weighted by Crippen LogP contribution is -1.92. The average Bonchev–Trinajstić information content (AvgIpc) is 1.95. The predicted molar refractivity (Wildman–Crippen MR) is 39.9 cm³/mol. The molecular formula is C6H16P+. The lowest BCUT2D eigenvalue weighted by molar-refractivity contribution is 1.38. The first-order valence-electron chi connectivity index (χ1n) is 4.09. The molecule has 0 saturated carbocycles. The van der Waals surface area contributed by atoms with E-state index in [1.807, 2.05) is 0 Å². The quantitative estimate of drug-likeness (QED) is 0.492. The molecule has 0 nitrogen and oxygen atoms in total. The second kappa shape index (κ2) is 2.67. The van der Waals surface area contributed by atoms with Crippen molar-refractivity contribution in [2.24, 2.45) is 0 Å². The normalized spacial score (nSPS) is 15.7. The van der Waals surface area contributed by atoms with Gasteiger partial charge in [0.05, 0.1) is 15.1 Å². The van der Waals surface area contributed by atoms with E-state index in [1.165, 1.54) is 0 Å². The molecule has 0 bridgehead atoms. The van der Waals surface area contributed by atoms with E-state index in [9.17, 15) is 0 Å². The summed E-state index contributed by atoms with van der Waals surface area (Å²) >= 11 is 0. The largest absolute Gasteiger partial charge is 0.0671 e. The molecular weight excluding hydrogens is 103 g/mol. The minimum atomic E-state index is -1.09. The predicted octanol–water partition coefficient (Wildman–Crippen LogP) is 2.30. The summed E-state index contributed by atoms with van der Waals surface area (Å²) in [6, 6.07) is 0. The molecule has 0 rings (SSSR count). The number of rotatable bonds is 2. The first-order valence-corrected chi connectivity index (χ1v) is 5.21. The summed E-state index contributed by atoms with van der Waals surface area (Å²) < 4.78 is 14.5. The highest BCUT2D eigenvalue weighted by Gasteiger charge is 2.17. The van der Waals surface area contributed by atoms with Crippen LogP contribution >= 0.6 is 7.26 Å². The minimum Gasteiger partial charge on any atom is -0.0311 e.